The summed E-state index contributed by atoms with van der Waals surface area (Å²) in [6, 6.07) is 10.6. The maximum Gasteiger partial charge on any atom is 0.188 e. The van der Waals surface area contributed by atoms with E-state index in [2.05, 4.69) is 22.4 Å². The number of nitrogens with zero attached hydrogens (tertiary/aromatic N) is 1. The zero-order chi connectivity index (χ0) is 14.7. The van der Waals surface area contributed by atoms with Crippen LogP contribution in [0, 0.1) is 0 Å². The van der Waals surface area contributed by atoms with Crippen molar-refractivity contribution < 1.29 is 5.11 Å². The molecular weight excluding hydrogens is 282 g/mol. The second-order valence-electron chi connectivity index (χ2n) is 5.55. The predicted octanol–water partition coefficient (Wildman–Crippen LogP) is 2.78. The molecule has 0 radical (unpaired) electrons. The molecule has 1 atom stereocenters. The maximum absolute atomic E-state index is 10.3. The Morgan fingerprint density at radius 3 is 2.90 bits per heavy atom. The van der Waals surface area contributed by atoms with Gasteiger partial charge in [-0.15, -0.1) is 11.3 Å². The van der Waals surface area contributed by atoms with E-state index in [1.165, 1.54) is 17.5 Å². The Labute approximate surface area is 128 Å². The third-order valence-corrected chi connectivity index (χ3v) is 5.13. The number of aliphatic hydroxyl groups is 1. The molecule has 0 aliphatic heterocycles. The van der Waals surface area contributed by atoms with Crippen LogP contribution in [0.1, 0.15) is 36.7 Å². The molecule has 5 heteroatoms. The fourth-order valence-electron chi connectivity index (χ4n) is 2.77. The van der Waals surface area contributed by atoms with E-state index in [1.807, 2.05) is 18.2 Å². The maximum atomic E-state index is 10.3. The van der Waals surface area contributed by atoms with Crippen LogP contribution in [0.15, 0.2) is 35.3 Å². The lowest BCUT2D eigenvalue weighted by Crippen LogP contribution is -2.38. The molecule has 1 aliphatic carbocycles. The topological polar surface area (TPSA) is 70.6 Å². The van der Waals surface area contributed by atoms with Gasteiger partial charge in [-0.1, -0.05) is 31.0 Å². The molecule has 1 saturated carbocycles. The molecule has 2 aromatic rings. The zero-order valence-electron chi connectivity index (χ0n) is 12.0. The third kappa shape index (κ3) is 3.54. The molecule has 1 aromatic carbocycles. The smallest absolute Gasteiger partial charge is 0.188 e. The first-order chi connectivity index (χ1) is 10.2. The SMILES string of the molecule is NC(=NCC(O)c1cc2ccccc2s1)NC1CCCC1. The van der Waals surface area contributed by atoms with Gasteiger partial charge in [0, 0.05) is 15.6 Å². The van der Waals surface area contributed by atoms with Gasteiger partial charge in [0.2, 0.25) is 0 Å². The standard InChI is InChI=1S/C16H21N3OS/c17-16(19-12-6-2-3-7-12)18-10-13(20)15-9-11-5-1-4-8-14(11)21-15/h1,4-5,8-9,12-13,20H,2-3,6-7,10H2,(H3,17,18,19). The van der Waals surface area contributed by atoms with Gasteiger partial charge in [0.25, 0.3) is 0 Å². The van der Waals surface area contributed by atoms with E-state index < -0.39 is 6.10 Å². The minimum Gasteiger partial charge on any atom is -0.386 e. The Morgan fingerprint density at radius 2 is 2.14 bits per heavy atom. The fourth-order valence-corrected chi connectivity index (χ4v) is 3.81. The lowest BCUT2D eigenvalue weighted by Gasteiger charge is -2.13. The van der Waals surface area contributed by atoms with E-state index in [9.17, 15) is 5.11 Å². The van der Waals surface area contributed by atoms with Crippen molar-refractivity contribution >= 4 is 27.4 Å². The number of benzene rings is 1. The molecule has 0 spiro atoms. The van der Waals surface area contributed by atoms with E-state index in [0.29, 0.717) is 18.5 Å². The Balaban J connectivity index is 1.61. The van der Waals surface area contributed by atoms with Crippen molar-refractivity contribution in [2.45, 2.75) is 37.8 Å². The number of nitrogens with two attached hydrogens (primary N) is 1. The normalized spacial score (nSPS) is 18.2. The second-order valence-corrected chi connectivity index (χ2v) is 6.67. The van der Waals surface area contributed by atoms with Crippen molar-refractivity contribution in [1.29, 1.82) is 0 Å². The third-order valence-electron chi connectivity index (χ3n) is 3.91. The van der Waals surface area contributed by atoms with Gasteiger partial charge in [0.15, 0.2) is 5.96 Å². The van der Waals surface area contributed by atoms with Gasteiger partial charge in [-0.05, 0) is 30.4 Å². The summed E-state index contributed by atoms with van der Waals surface area (Å²) in [6.07, 6.45) is 4.25. The predicted molar refractivity (Wildman–Crippen MR) is 88.7 cm³/mol. The van der Waals surface area contributed by atoms with E-state index >= 15 is 0 Å². The summed E-state index contributed by atoms with van der Waals surface area (Å²) in [5.41, 5.74) is 5.89. The number of aliphatic imine (C=N–C) groups is 1. The first-order valence-corrected chi connectivity index (χ1v) is 8.27. The van der Waals surface area contributed by atoms with Crippen molar-refractivity contribution in [1.82, 2.24) is 5.32 Å². The van der Waals surface area contributed by atoms with Gasteiger partial charge >= 0.3 is 0 Å². The van der Waals surface area contributed by atoms with Gasteiger partial charge in [0.05, 0.1) is 6.54 Å². The van der Waals surface area contributed by atoms with Crippen molar-refractivity contribution in [2.24, 2.45) is 10.7 Å². The molecule has 112 valence electrons. The van der Waals surface area contributed by atoms with Gasteiger partial charge in [0.1, 0.15) is 6.10 Å². The van der Waals surface area contributed by atoms with E-state index in [1.54, 1.807) is 11.3 Å². The zero-order valence-corrected chi connectivity index (χ0v) is 12.8. The highest BCUT2D eigenvalue weighted by atomic mass is 32.1. The van der Waals surface area contributed by atoms with Gasteiger partial charge < -0.3 is 16.2 Å². The molecule has 3 rings (SSSR count). The minimum absolute atomic E-state index is 0.304. The lowest BCUT2D eigenvalue weighted by atomic mass is 10.2. The average molecular weight is 303 g/mol. The monoisotopic (exact) mass is 303 g/mol. The highest BCUT2D eigenvalue weighted by molar-refractivity contribution is 7.19. The summed E-state index contributed by atoms with van der Waals surface area (Å²) in [4.78, 5) is 5.21. The average Bonchev–Trinajstić information content (AvgIpc) is 3.13. The molecule has 0 saturated heterocycles. The lowest BCUT2D eigenvalue weighted by molar-refractivity contribution is 0.191. The van der Waals surface area contributed by atoms with Crippen molar-refractivity contribution in [2.75, 3.05) is 6.54 Å². The molecule has 4 nitrogen and oxygen atoms in total. The van der Waals surface area contributed by atoms with Crippen LogP contribution in [-0.2, 0) is 0 Å². The van der Waals surface area contributed by atoms with Crippen LogP contribution in [0.25, 0.3) is 10.1 Å². The highest BCUT2D eigenvalue weighted by Crippen LogP contribution is 2.29. The van der Waals surface area contributed by atoms with Crippen molar-refractivity contribution in [3.8, 4) is 0 Å². The van der Waals surface area contributed by atoms with Crippen molar-refractivity contribution in [3.63, 3.8) is 0 Å². The Hall–Kier alpha value is -1.59. The van der Waals surface area contributed by atoms with Crippen LogP contribution in [0.3, 0.4) is 0 Å². The summed E-state index contributed by atoms with van der Waals surface area (Å²) in [5, 5.41) is 14.6. The molecule has 0 amide bonds. The number of guanidine groups is 1. The first-order valence-electron chi connectivity index (χ1n) is 7.45. The fraction of sp³-hybridized carbons (Fsp3) is 0.438. The number of hydrogen-bond acceptors (Lipinski definition) is 3. The quantitative estimate of drug-likeness (QED) is 0.601. The van der Waals surface area contributed by atoms with Crippen molar-refractivity contribution in [3.05, 3.63) is 35.2 Å². The number of aliphatic hydroxyl groups excluding tert-OH is 1. The van der Waals surface area contributed by atoms with E-state index in [4.69, 9.17) is 5.73 Å². The summed E-state index contributed by atoms with van der Waals surface area (Å²) in [5.74, 6) is 0.446. The number of fused-ring (bicyclic) bond motifs is 1. The minimum atomic E-state index is -0.591. The number of rotatable bonds is 4. The molecule has 21 heavy (non-hydrogen) atoms. The Morgan fingerprint density at radius 1 is 1.38 bits per heavy atom. The molecule has 1 fully saturated rings. The molecular formula is C16H21N3OS. The van der Waals surface area contributed by atoms with Crippen LogP contribution in [-0.4, -0.2) is 23.7 Å². The summed E-state index contributed by atoms with van der Waals surface area (Å²) < 4.78 is 1.19. The Kier molecular flexibility index (Phi) is 4.41. The molecule has 0 bridgehead atoms. The summed E-state index contributed by atoms with van der Waals surface area (Å²) in [6.45, 7) is 0.304. The van der Waals surface area contributed by atoms with Crippen LogP contribution in [0.5, 0.6) is 0 Å². The summed E-state index contributed by atoms with van der Waals surface area (Å²) >= 11 is 1.61. The molecule has 1 heterocycles. The molecule has 1 unspecified atom stereocenters. The van der Waals surface area contributed by atoms with Crippen LogP contribution < -0.4 is 11.1 Å². The van der Waals surface area contributed by atoms with Gasteiger partial charge in [-0.2, -0.15) is 0 Å². The van der Waals surface area contributed by atoms with E-state index in [0.717, 1.165) is 23.1 Å². The second kappa shape index (κ2) is 6.45. The molecule has 1 aliphatic rings. The largest absolute Gasteiger partial charge is 0.386 e. The molecule has 4 N–H and O–H groups in total. The number of thiophene rings is 1. The van der Waals surface area contributed by atoms with Crippen LogP contribution in [0.4, 0.5) is 0 Å². The number of hydrogen-bond donors (Lipinski definition) is 3. The van der Waals surface area contributed by atoms with Crippen LogP contribution >= 0.6 is 11.3 Å². The number of nitrogens with one attached hydrogen (secondary N) is 1. The van der Waals surface area contributed by atoms with Crippen LogP contribution in [0.2, 0.25) is 0 Å². The van der Waals surface area contributed by atoms with Gasteiger partial charge in [-0.25, -0.2) is 0 Å². The first kappa shape index (κ1) is 14.4. The summed E-state index contributed by atoms with van der Waals surface area (Å²) in [7, 11) is 0. The Bertz CT molecular complexity index is 598. The van der Waals surface area contributed by atoms with E-state index in [-0.39, 0.29) is 0 Å². The van der Waals surface area contributed by atoms with Gasteiger partial charge in [-0.3, -0.25) is 4.99 Å². The molecule has 1 aromatic heterocycles. The highest BCUT2D eigenvalue weighted by Gasteiger charge is 2.15.